The molecule has 0 radical (unpaired) electrons. The summed E-state index contributed by atoms with van der Waals surface area (Å²) in [6.07, 6.45) is 4.85. The standard InChI is InChI=1S/C36H45N7O3/c1-25-8-10-27(11-9-25)34(45)40-19-13-29(14-20-40)37-33-22-30(38-36(39-33)41-16-4-5-17-41)35(46)43-21-15-31(32(44)24-43)42-18-12-26-6-2-3-7-28(26)23-42/h2-3,6-11,22,29,31-32,44H,4-5,12-21,23-24H2,1H3,(H,37,38,39)/t31-,32-/m1/s1. The highest BCUT2D eigenvalue weighted by molar-refractivity contribution is 5.94. The average molecular weight is 624 g/mol. The molecular formula is C36H45N7O3. The minimum absolute atomic E-state index is 0.0314. The number of aromatic nitrogens is 2. The van der Waals surface area contributed by atoms with E-state index in [-0.39, 0.29) is 23.9 Å². The van der Waals surface area contributed by atoms with Gasteiger partial charge in [0.1, 0.15) is 11.5 Å². The maximum Gasteiger partial charge on any atom is 0.272 e. The molecule has 0 spiro atoms. The lowest BCUT2D eigenvalue weighted by Crippen LogP contribution is -2.56. The molecule has 2 atom stereocenters. The number of rotatable bonds is 6. The molecule has 4 aliphatic rings. The van der Waals surface area contributed by atoms with E-state index in [1.54, 1.807) is 11.0 Å². The quantitative estimate of drug-likeness (QED) is 0.428. The average Bonchev–Trinajstić information content (AvgIpc) is 3.63. The maximum absolute atomic E-state index is 13.9. The number of aliphatic hydroxyl groups excluding tert-OH is 1. The molecule has 0 saturated carbocycles. The highest BCUT2D eigenvalue weighted by Gasteiger charge is 2.36. The normalized spacial score (nSPS) is 22.5. The van der Waals surface area contributed by atoms with Crippen LogP contribution in [-0.2, 0) is 13.0 Å². The van der Waals surface area contributed by atoms with Crippen molar-refractivity contribution < 1.29 is 14.7 Å². The predicted molar refractivity (Wildman–Crippen MR) is 178 cm³/mol. The molecule has 242 valence electrons. The number of nitrogens with one attached hydrogen (secondary N) is 1. The molecular weight excluding hydrogens is 578 g/mol. The molecule has 1 aromatic heterocycles. The van der Waals surface area contributed by atoms with Gasteiger partial charge in [-0.15, -0.1) is 0 Å². The number of anilines is 2. The number of β-amino-alcohol motifs (C(OH)–C–C–N with tert-alkyl or cyclic N) is 1. The molecule has 3 aromatic rings. The summed E-state index contributed by atoms with van der Waals surface area (Å²) in [6, 6.07) is 18.2. The fraction of sp³-hybridized carbons (Fsp3) is 0.500. The van der Waals surface area contributed by atoms with Gasteiger partial charge in [0.25, 0.3) is 11.8 Å². The van der Waals surface area contributed by atoms with Crippen LogP contribution in [-0.4, -0.2) is 106 Å². The minimum Gasteiger partial charge on any atom is -0.390 e. The molecule has 0 unspecified atom stereocenters. The summed E-state index contributed by atoms with van der Waals surface area (Å²) in [6.45, 7) is 7.73. The van der Waals surface area contributed by atoms with Gasteiger partial charge < -0.3 is 25.1 Å². The molecule has 2 aromatic carbocycles. The van der Waals surface area contributed by atoms with Crippen LogP contribution in [0.3, 0.4) is 0 Å². The first kappa shape index (κ1) is 30.6. The summed E-state index contributed by atoms with van der Waals surface area (Å²) >= 11 is 0. The largest absolute Gasteiger partial charge is 0.390 e. The van der Waals surface area contributed by atoms with Crippen LogP contribution in [0, 0.1) is 6.92 Å². The van der Waals surface area contributed by atoms with Crippen molar-refractivity contribution in [2.75, 3.05) is 56.0 Å². The second-order valence-corrected chi connectivity index (χ2v) is 13.4. The van der Waals surface area contributed by atoms with Crippen LogP contribution in [0.5, 0.6) is 0 Å². The van der Waals surface area contributed by atoms with Crippen LogP contribution in [0.2, 0.25) is 0 Å². The smallest absolute Gasteiger partial charge is 0.272 e. The summed E-state index contributed by atoms with van der Waals surface area (Å²) in [5.41, 5.74) is 4.95. The Morgan fingerprint density at radius 2 is 1.54 bits per heavy atom. The lowest BCUT2D eigenvalue weighted by atomic mass is 9.94. The molecule has 2 N–H and O–H groups in total. The van der Waals surface area contributed by atoms with Crippen molar-refractivity contribution in [1.29, 1.82) is 0 Å². The van der Waals surface area contributed by atoms with Gasteiger partial charge in [0, 0.05) is 76.1 Å². The van der Waals surface area contributed by atoms with Crippen molar-refractivity contribution in [1.82, 2.24) is 24.7 Å². The monoisotopic (exact) mass is 623 g/mol. The molecule has 2 amide bonds. The van der Waals surface area contributed by atoms with E-state index in [1.807, 2.05) is 36.1 Å². The molecule has 46 heavy (non-hydrogen) atoms. The Kier molecular flexibility index (Phi) is 8.90. The van der Waals surface area contributed by atoms with Crippen molar-refractivity contribution in [2.45, 2.75) is 70.2 Å². The van der Waals surface area contributed by atoms with Crippen molar-refractivity contribution in [3.63, 3.8) is 0 Å². The zero-order valence-corrected chi connectivity index (χ0v) is 26.8. The third-order valence-corrected chi connectivity index (χ3v) is 10.2. The van der Waals surface area contributed by atoms with E-state index in [9.17, 15) is 14.7 Å². The van der Waals surface area contributed by atoms with E-state index in [0.717, 1.165) is 75.8 Å². The van der Waals surface area contributed by atoms with Crippen LogP contribution in [0.15, 0.2) is 54.6 Å². The molecule has 5 heterocycles. The number of aliphatic hydroxyl groups is 1. The Labute approximate surface area is 271 Å². The topological polar surface area (TPSA) is 105 Å². The first-order chi connectivity index (χ1) is 22.4. The Bertz CT molecular complexity index is 1550. The molecule has 0 bridgehead atoms. The summed E-state index contributed by atoms with van der Waals surface area (Å²) in [5, 5.41) is 14.8. The third kappa shape index (κ3) is 6.59. The summed E-state index contributed by atoms with van der Waals surface area (Å²) in [7, 11) is 0. The van der Waals surface area contributed by atoms with Crippen molar-refractivity contribution >= 4 is 23.6 Å². The van der Waals surface area contributed by atoms with Crippen LogP contribution in [0.4, 0.5) is 11.8 Å². The number of benzene rings is 2. The molecule has 0 aliphatic carbocycles. The zero-order chi connectivity index (χ0) is 31.6. The highest BCUT2D eigenvalue weighted by atomic mass is 16.3. The fourth-order valence-electron chi connectivity index (χ4n) is 7.48. The molecule has 3 saturated heterocycles. The number of hydrogen-bond donors (Lipinski definition) is 2. The van der Waals surface area contributed by atoms with Crippen LogP contribution < -0.4 is 10.2 Å². The number of amides is 2. The number of carbonyl (C=O) groups is 2. The van der Waals surface area contributed by atoms with Gasteiger partial charge in [-0.05, 0) is 68.7 Å². The summed E-state index contributed by atoms with van der Waals surface area (Å²) in [4.78, 5) is 44.8. The van der Waals surface area contributed by atoms with Gasteiger partial charge in [0.15, 0.2) is 0 Å². The van der Waals surface area contributed by atoms with E-state index in [4.69, 9.17) is 9.97 Å². The van der Waals surface area contributed by atoms with Crippen LogP contribution in [0.25, 0.3) is 0 Å². The van der Waals surface area contributed by atoms with Gasteiger partial charge in [-0.25, -0.2) is 4.98 Å². The number of piperidine rings is 2. The van der Waals surface area contributed by atoms with Gasteiger partial charge in [-0.1, -0.05) is 42.0 Å². The Hall–Kier alpha value is -4.02. The Morgan fingerprint density at radius 1 is 0.826 bits per heavy atom. The fourth-order valence-corrected chi connectivity index (χ4v) is 7.48. The summed E-state index contributed by atoms with van der Waals surface area (Å²) in [5.74, 6) is 1.14. The number of hydrogen-bond acceptors (Lipinski definition) is 8. The first-order valence-corrected chi connectivity index (χ1v) is 17.0. The van der Waals surface area contributed by atoms with Gasteiger partial charge in [-0.2, -0.15) is 4.98 Å². The third-order valence-electron chi connectivity index (χ3n) is 10.2. The highest BCUT2D eigenvalue weighted by Crippen LogP contribution is 2.27. The number of likely N-dealkylation sites (tertiary alicyclic amines) is 2. The summed E-state index contributed by atoms with van der Waals surface area (Å²) < 4.78 is 0. The lowest BCUT2D eigenvalue weighted by molar-refractivity contribution is -0.0139. The molecule has 3 fully saturated rings. The number of nitrogens with zero attached hydrogens (tertiary/aromatic N) is 6. The van der Waals surface area contributed by atoms with Gasteiger partial charge >= 0.3 is 0 Å². The van der Waals surface area contributed by atoms with Crippen molar-refractivity contribution in [2.24, 2.45) is 0 Å². The number of fused-ring (bicyclic) bond motifs is 1. The van der Waals surface area contributed by atoms with Crippen LogP contribution in [0.1, 0.15) is 69.6 Å². The first-order valence-electron chi connectivity index (χ1n) is 17.0. The van der Waals surface area contributed by atoms with E-state index >= 15 is 0 Å². The van der Waals surface area contributed by atoms with E-state index < -0.39 is 6.10 Å². The SMILES string of the molecule is Cc1ccc(C(=O)N2CCC(Nc3cc(C(=O)N4CC[C@@H](N5CCc6ccccc6C5)[C@H](O)C4)nc(N4CCCC4)n3)CC2)cc1. The lowest BCUT2D eigenvalue weighted by Gasteiger charge is -2.43. The van der Waals surface area contributed by atoms with Gasteiger partial charge in [0.2, 0.25) is 5.95 Å². The zero-order valence-electron chi connectivity index (χ0n) is 26.8. The number of aryl methyl sites for hydroxylation is 1. The Balaban J connectivity index is 1.01. The van der Waals surface area contributed by atoms with Crippen molar-refractivity contribution in [3.8, 4) is 0 Å². The van der Waals surface area contributed by atoms with E-state index in [2.05, 4.69) is 39.4 Å². The van der Waals surface area contributed by atoms with Gasteiger partial charge in [0.05, 0.1) is 6.10 Å². The van der Waals surface area contributed by atoms with Gasteiger partial charge in [-0.3, -0.25) is 14.5 Å². The second-order valence-electron chi connectivity index (χ2n) is 13.4. The van der Waals surface area contributed by atoms with E-state index in [1.165, 1.54) is 11.1 Å². The maximum atomic E-state index is 13.9. The molecule has 10 heteroatoms. The molecule has 7 rings (SSSR count). The minimum atomic E-state index is -0.617. The Morgan fingerprint density at radius 3 is 2.28 bits per heavy atom. The van der Waals surface area contributed by atoms with Crippen LogP contribution >= 0.6 is 0 Å². The molecule has 4 aliphatic heterocycles. The molecule has 10 nitrogen and oxygen atoms in total. The van der Waals surface area contributed by atoms with E-state index in [0.29, 0.717) is 43.6 Å². The second kappa shape index (κ2) is 13.4. The number of carbonyl (C=O) groups excluding carboxylic acids is 2. The van der Waals surface area contributed by atoms with Crippen molar-refractivity contribution in [3.05, 3.63) is 82.5 Å². The predicted octanol–water partition coefficient (Wildman–Crippen LogP) is 3.74.